The lowest BCUT2D eigenvalue weighted by molar-refractivity contribution is -0.870. The maximum absolute atomic E-state index is 4.81. The molecule has 0 radical (unpaired) electrons. The zero-order chi connectivity index (χ0) is 18.7. The van der Waals surface area contributed by atoms with Crippen molar-refractivity contribution in [2.24, 2.45) is 0 Å². The van der Waals surface area contributed by atoms with E-state index in [0.29, 0.717) is 0 Å². The number of alkyl halides is 3. The lowest BCUT2D eigenvalue weighted by Crippen LogP contribution is -2.35. The van der Waals surface area contributed by atoms with Gasteiger partial charge in [-0.25, -0.2) is 0 Å². The molecule has 0 unspecified atom stereocenters. The second kappa shape index (κ2) is 20.1. The van der Waals surface area contributed by atoms with Gasteiger partial charge in [0.05, 0.1) is 27.7 Å². The first kappa shape index (κ1) is 27.1. The standard InChI is InChI=1S/C19H42N.CHCl3/c1-5-6-7-8-9-10-11-12-13-14-15-16-17-18-19-20(2,3)4;2-1(3)4/h5-19H2,1-4H3;1H/q+1;. The molecule has 0 aromatic carbocycles. The fourth-order valence-corrected chi connectivity index (χ4v) is 2.78. The van der Waals surface area contributed by atoms with Crippen LogP contribution in [0.1, 0.15) is 96.8 Å². The van der Waals surface area contributed by atoms with E-state index in [1.54, 1.807) is 0 Å². The zero-order valence-corrected chi connectivity index (χ0v) is 19.0. The third-order valence-electron chi connectivity index (χ3n) is 4.18. The summed E-state index contributed by atoms with van der Waals surface area (Å²) in [7, 11) is 6.88. The van der Waals surface area contributed by atoms with Crippen LogP contribution >= 0.6 is 34.8 Å². The third-order valence-corrected chi connectivity index (χ3v) is 4.18. The highest BCUT2D eigenvalue weighted by Crippen LogP contribution is 2.13. The summed E-state index contributed by atoms with van der Waals surface area (Å²) in [6.07, 6.45) is 20.4. The summed E-state index contributed by atoms with van der Waals surface area (Å²) in [6.45, 7) is 3.63. The van der Waals surface area contributed by atoms with Crippen LogP contribution in [-0.2, 0) is 0 Å². The molecule has 0 saturated heterocycles. The number of halogens is 3. The molecule has 0 aliphatic rings. The van der Waals surface area contributed by atoms with E-state index in [1.165, 1.54) is 96.4 Å². The second-order valence-electron chi connectivity index (χ2n) is 7.86. The largest absolute Gasteiger partial charge is 0.331 e. The van der Waals surface area contributed by atoms with Crippen LogP contribution in [0, 0.1) is 0 Å². The lowest BCUT2D eigenvalue weighted by Gasteiger charge is -2.23. The summed E-state index contributed by atoms with van der Waals surface area (Å²) in [5.74, 6) is 0. The van der Waals surface area contributed by atoms with E-state index >= 15 is 0 Å². The van der Waals surface area contributed by atoms with E-state index in [0.717, 1.165) is 4.48 Å². The van der Waals surface area contributed by atoms with Crippen LogP contribution in [0.15, 0.2) is 0 Å². The van der Waals surface area contributed by atoms with Crippen molar-refractivity contribution in [2.45, 2.75) is 101 Å². The van der Waals surface area contributed by atoms with E-state index in [2.05, 4.69) is 28.1 Å². The third kappa shape index (κ3) is 34.2. The lowest BCUT2D eigenvalue weighted by atomic mass is 10.0. The van der Waals surface area contributed by atoms with Crippen LogP contribution in [0.25, 0.3) is 0 Å². The van der Waals surface area contributed by atoms with Gasteiger partial charge < -0.3 is 4.48 Å². The first-order chi connectivity index (χ1) is 11.3. The van der Waals surface area contributed by atoms with Gasteiger partial charge in [0.25, 0.3) is 0 Å². The number of rotatable bonds is 15. The quantitative estimate of drug-likeness (QED) is 0.147. The van der Waals surface area contributed by atoms with Gasteiger partial charge in [-0.15, -0.1) is 0 Å². The Hall–Kier alpha value is 0.830. The van der Waals surface area contributed by atoms with Crippen molar-refractivity contribution in [3.8, 4) is 0 Å². The van der Waals surface area contributed by atoms with Crippen molar-refractivity contribution >= 4 is 34.8 Å². The van der Waals surface area contributed by atoms with Gasteiger partial charge in [-0.1, -0.05) is 119 Å². The summed E-state index contributed by atoms with van der Waals surface area (Å²) in [4.78, 5) is 0. The first-order valence-corrected chi connectivity index (χ1v) is 11.3. The van der Waals surface area contributed by atoms with Crippen LogP contribution in [0.4, 0.5) is 0 Å². The molecule has 0 bridgehead atoms. The Morgan fingerprint density at radius 3 is 1.04 bits per heavy atom. The fourth-order valence-electron chi connectivity index (χ4n) is 2.78. The van der Waals surface area contributed by atoms with Gasteiger partial charge in [-0.3, -0.25) is 0 Å². The average molecular weight is 404 g/mol. The molecule has 0 fully saturated rings. The predicted molar refractivity (Wildman–Crippen MR) is 115 cm³/mol. The van der Waals surface area contributed by atoms with E-state index in [-0.39, 0.29) is 0 Å². The first-order valence-electron chi connectivity index (χ1n) is 10.0. The molecule has 0 atom stereocenters. The molecule has 0 N–H and O–H groups in total. The Balaban J connectivity index is 0. The molecule has 1 nitrogen and oxygen atoms in total. The summed E-state index contributed by atoms with van der Waals surface area (Å²) < 4.78 is 0.373. The fraction of sp³-hybridized carbons (Fsp3) is 1.00. The molecule has 24 heavy (non-hydrogen) atoms. The van der Waals surface area contributed by atoms with Gasteiger partial charge in [0.15, 0.2) is 4.30 Å². The molecule has 0 aliphatic heterocycles. The molecule has 0 spiro atoms. The van der Waals surface area contributed by atoms with Crippen LogP contribution in [-0.4, -0.2) is 36.5 Å². The van der Waals surface area contributed by atoms with Crippen molar-refractivity contribution < 1.29 is 4.48 Å². The summed E-state index contributed by atoms with van der Waals surface area (Å²) >= 11 is 14.4. The van der Waals surface area contributed by atoms with Crippen LogP contribution < -0.4 is 0 Å². The smallest absolute Gasteiger partial charge is 0.180 e. The Kier molecular flexibility index (Phi) is 22.7. The molecule has 0 amide bonds. The van der Waals surface area contributed by atoms with Gasteiger partial charge in [-0.2, -0.15) is 0 Å². The van der Waals surface area contributed by atoms with Crippen LogP contribution in [0.3, 0.4) is 0 Å². The Labute approximate surface area is 168 Å². The molecule has 4 heteroatoms. The number of unbranched alkanes of at least 4 members (excludes halogenated alkanes) is 13. The zero-order valence-electron chi connectivity index (χ0n) is 16.8. The maximum atomic E-state index is 4.81. The normalized spacial score (nSPS) is 11.5. The van der Waals surface area contributed by atoms with Crippen LogP contribution in [0.5, 0.6) is 0 Å². The highest BCUT2D eigenvalue weighted by molar-refractivity contribution is 6.63. The minimum atomic E-state index is -0.750. The second-order valence-corrected chi connectivity index (χ2v) is 9.84. The Bertz CT molecular complexity index is 225. The van der Waals surface area contributed by atoms with Gasteiger partial charge in [0.1, 0.15) is 0 Å². The topological polar surface area (TPSA) is 0 Å². The minimum absolute atomic E-state index is 0.750. The van der Waals surface area contributed by atoms with E-state index < -0.39 is 4.30 Å². The van der Waals surface area contributed by atoms with Gasteiger partial charge in [-0.05, 0) is 12.8 Å². The minimum Gasteiger partial charge on any atom is -0.331 e. The molecule has 0 aromatic heterocycles. The SMILES string of the molecule is CCCCCCCCCCCCCCCC[N+](C)(C)C.ClC(Cl)Cl. The average Bonchev–Trinajstić information content (AvgIpc) is 2.46. The highest BCUT2D eigenvalue weighted by atomic mass is 35.6. The van der Waals surface area contributed by atoms with Crippen molar-refractivity contribution in [3.63, 3.8) is 0 Å². The predicted octanol–water partition coefficient (Wildman–Crippen LogP) is 8.16. The number of hydrogen-bond acceptors (Lipinski definition) is 0. The van der Waals surface area contributed by atoms with E-state index in [9.17, 15) is 0 Å². The molecule has 0 saturated carbocycles. The van der Waals surface area contributed by atoms with Crippen molar-refractivity contribution in [2.75, 3.05) is 27.7 Å². The monoisotopic (exact) mass is 402 g/mol. The molecule has 0 rings (SSSR count). The summed E-state index contributed by atoms with van der Waals surface area (Å²) in [6, 6.07) is 0. The van der Waals surface area contributed by atoms with Crippen molar-refractivity contribution in [1.29, 1.82) is 0 Å². The molecule has 0 aromatic rings. The maximum Gasteiger partial charge on any atom is 0.180 e. The van der Waals surface area contributed by atoms with Gasteiger partial charge in [0, 0.05) is 0 Å². The molecular formula is C20H43Cl3N+. The highest BCUT2D eigenvalue weighted by Gasteiger charge is 2.04. The van der Waals surface area contributed by atoms with E-state index in [1.807, 2.05) is 0 Å². The number of nitrogens with zero attached hydrogens (tertiary/aromatic N) is 1. The Morgan fingerprint density at radius 2 is 0.792 bits per heavy atom. The summed E-state index contributed by atoms with van der Waals surface area (Å²) in [5.41, 5.74) is 0. The number of quaternary nitrogens is 1. The number of hydrogen-bond donors (Lipinski definition) is 0. The van der Waals surface area contributed by atoms with Crippen LogP contribution in [0.2, 0.25) is 0 Å². The molecular weight excluding hydrogens is 361 g/mol. The van der Waals surface area contributed by atoms with Gasteiger partial charge in [0.2, 0.25) is 0 Å². The van der Waals surface area contributed by atoms with E-state index in [4.69, 9.17) is 34.8 Å². The molecule has 0 heterocycles. The van der Waals surface area contributed by atoms with Gasteiger partial charge >= 0.3 is 0 Å². The van der Waals surface area contributed by atoms with Crippen molar-refractivity contribution in [3.05, 3.63) is 0 Å². The summed E-state index contributed by atoms with van der Waals surface area (Å²) in [5, 5.41) is 0. The van der Waals surface area contributed by atoms with Crippen molar-refractivity contribution in [1.82, 2.24) is 0 Å². The molecule has 148 valence electrons. The Morgan fingerprint density at radius 1 is 0.542 bits per heavy atom. The molecule has 0 aliphatic carbocycles.